The summed E-state index contributed by atoms with van der Waals surface area (Å²) in [6.07, 6.45) is 0. The summed E-state index contributed by atoms with van der Waals surface area (Å²) in [5, 5.41) is 11.3. The van der Waals surface area contributed by atoms with Crippen molar-refractivity contribution in [3.63, 3.8) is 0 Å². The van der Waals surface area contributed by atoms with Crippen molar-refractivity contribution >= 4 is 29.1 Å². The molecule has 0 aromatic heterocycles. The molecule has 0 spiro atoms. The first-order chi connectivity index (χ1) is 5.39. The van der Waals surface area contributed by atoms with Crippen LogP contribution in [0, 0.1) is 5.41 Å². The van der Waals surface area contributed by atoms with Gasteiger partial charge in [-0.3, -0.25) is 4.79 Å². The largest absolute Gasteiger partial charge is 0.396 e. The molecule has 0 aromatic carbocycles. The first-order valence-electron chi connectivity index (χ1n) is 3.56. The van der Waals surface area contributed by atoms with Crippen LogP contribution in [0.5, 0.6) is 0 Å². The number of nitrogens with one attached hydrogen (secondary N) is 1. The molecule has 0 aliphatic carbocycles. The van der Waals surface area contributed by atoms with E-state index < -0.39 is 10.7 Å². The lowest BCUT2D eigenvalue weighted by Gasteiger charge is -2.21. The molecule has 0 aliphatic heterocycles. The Hall–Kier alpha value is 0.01000. The zero-order valence-corrected chi connectivity index (χ0v) is 8.61. The van der Waals surface area contributed by atoms with Gasteiger partial charge in [-0.05, 0) is 0 Å². The summed E-state index contributed by atoms with van der Waals surface area (Å²) in [6, 6.07) is 0. The van der Waals surface area contributed by atoms with Crippen molar-refractivity contribution in [2.45, 2.75) is 18.7 Å². The number of rotatable bonds is 4. The quantitative estimate of drug-likeness (QED) is 0.684. The number of carbonyl (C=O) groups excluding carboxylic acids is 1. The first-order valence-corrected chi connectivity index (χ1v) is 4.43. The van der Waals surface area contributed by atoms with Gasteiger partial charge in [-0.2, -0.15) is 0 Å². The van der Waals surface area contributed by atoms with Crippen LogP contribution >= 0.6 is 23.2 Å². The predicted molar refractivity (Wildman–Crippen MR) is 49.4 cm³/mol. The molecule has 0 saturated carbocycles. The SMILES string of the molecule is CC(C)(CO)CNC(=O)C(Cl)Cl. The molecule has 0 bridgehead atoms. The Morgan fingerprint density at radius 3 is 2.42 bits per heavy atom. The Balaban J connectivity index is 3.76. The van der Waals surface area contributed by atoms with Gasteiger partial charge < -0.3 is 10.4 Å². The maximum atomic E-state index is 10.8. The summed E-state index contributed by atoms with van der Waals surface area (Å²) < 4.78 is 0. The molecular formula is C7H13Cl2NO2. The topological polar surface area (TPSA) is 49.3 Å². The third-order valence-corrected chi connectivity index (χ3v) is 1.76. The van der Waals surface area contributed by atoms with E-state index in [1.807, 2.05) is 13.8 Å². The van der Waals surface area contributed by atoms with Gasteiger partial charge in [0.2, 0.25) is 0 Å². The molecule has 0 unspecified atom stereocenters. The normalized spacial score (nSPS) is 11.8. The van der Waals surface area contributed by atoms with Gasteiger partial charge >= 0.3 is 0 Å². The Kier molecular flexibility index (Phi) is 4.90. The van der Waals surface area contributed by atoms with Crippen molar-refractivity contribution in [1.82, 2.24) is 5.32 Å². The molecule has 1 amide bonds. The number of amides is 1. The summed E-state index contributed by atoms with van der Waals surface area (Å²) in [7, 11) is 0. The lowest BCUT2D eigenvalue weighted by molar-refractivity contribution is -0.119. The number of aliphatic hydroxyl groups is 1. The molecule has 0 heterocycles. The summed E-state index contributed by atoms with van der Waals surface area (Å²) in [5.74, 6) is -0.431. The molecule has 3 nitrogen and oxygen atoms in total. The van der Waals surface area contributed by atoms with Crippen molar-refractivity contribution < 1.29 is 9.90 Å². The summed E-state index contributed by atoms with van der Waals surface area (Å²) >= 11 is 10.6. The summed E-state index contributed by atoms with van der Waals surface area (Å²) in [4.78, 5) is 9.81. The molecule has 72 valence electrons. The van der Waals surface area contributed by atoms with Crippen molar-refractivity contribution in [1.29, 1.82) is 0 Å². The number of aliphatic hydroxyl groups excluding tert-OH is 1. The molecule has 0 atom stereocenters. The molecule has 0 aromatic rings. The fourth-order valence-electron chi connectivity index (χ4n) is 0.459. The molecule has 0 aliphatic rings. The maximum absolute atomic E-state index is 10.8. The van der Waals surface area contributed by atoms with Crippen LogP contribution in [-0.2, 0) is 4.79 Å². The van der Waals surface area contributed by atoms with E-state index in [0.717, 1.165) is 0 Å². The van der Waals surface area contributed by atoms with E-state index in [9.17, 15) is 4.79 Å². The van der Waals surface area contributed by atoms with Gasteiger partial charge in [-0.15, -0.1) is 0 Å². The molecule has 0 radical (unpaired) electrons. The number of carbonyl (C=O) groups is 1. The van der Waals surface area contributed by atoms with Crippen LogP contribution in [0.3, 0.4) is 0 Å². The van der Waals surface area contributed by atoms with Crippen molar-refractivity contribution in [3.05, 3.63) is 0 Å². The highest BCUT2D eigenvalue weighted by Crippen LogP contribution is 2.11. The Morgan fingerprint density at radius 1 is 1.58 bits per heavy atom. The van der Waals surface area contributed by atoms with Crippen LogP contribution in [0.2, 0.25) is 0 Å². The van der Waals surface area contributed by atoms with E-state index in [4.69, 9.17) is 28.3 Å². The second-order valence-corrected chi connectivity index (χ2v) is 4.44. The third-order valence-electron chi connectivity index (χ3n) is 1.37. The van der Waals surface area contributed by atoms with Crippen molar-refractivity contribution in [3.8, 4) is 0 Å². The molecular weight excluding hydrogens is 201 g/mol. The highest BCUT2D eigenvalue weighted by Gasteiger charge is 2.19. The molecule has 2 N–H and O–H groups in total. The Morgan fingerprint density at radius 2 is 2.08 bits per heavy atom. The molecule has 0 saturated heterocycles. The van der Waals surface area contributed by atoms with Gasteiger partial charge in [0.15, 0.2) is 4.84 Å². The van der Waals surface area contributed by atoms with E-state index in [-0.39, 0.29) is 12.0 Å². The lowest BCUT2D eigenvalue weighted by Crippen LogP contribution is -2.38. The fourth-order valence-corrected chi connectivity index (χ4v) is 0.614. The second kappa shape index (κ2) is 4.90. The summed E-state index contributed by atoms with van der Waals surface area (Å²) in [5.41, 5.74) is -0.335. The van der Waals surface area contributed by atoms with E-state index in [2.05, 4.69) is 5.32 Å². The molecule has 5 heteroatoms. The molecule has 12 heavy (non-hydrogen) atoms. The Labute approximate surface area is 82.0 Å². The zero-order chi connectivity index (χ0) is 9.78. The van der Waals surface area contributed by atoms with Crippen LogP contribution in [0.4, 0.5) is 0 Å². The van der Waals surface area contributed by atoms with Gasteiger partial charge in [0.25, 0.3) is 5.91 Å². The van der Waals surface area contributed by atoms with Crippen LogP contribution in [0.1, 0.15) is 13.8 Å². The average molecular weight is 214 g/mol. The highest BCUT2D eigenvalue weighted by atomic mass is 35.5. The average Bonchev–Trinajstić information content (AvgIpc) is 2.00. The lowest BCUT2D eigenvalue weighted by atomic mass is 9.95. The van der Waals surface area contributed by atoms with Gasteiger partial charge in [0.1, 0.15) is 0 Å². The van der Waals surface area contributed by atoms with Crippen molar-refractivity contribution in [2.24, 2.45) is 5.41 Å². The molecule has 0 fully saturated rings. The fraction of sp³-hybridized carbons (Fsp3) is 0.857. The monoisotopic (exact) mass is 213 g/mol. The second-order valence-electron chi connectivity index (χ2n) is 3.34. The number of alkyl halides is 2. The van der Waals surface area contributed by atoms with Gasteiger partial charge in [-0.1, -0.05) is 37.0 Å². The number of halogens is 2. The van der Waals surface area contributed by atoms with Crippen molar-refractivity contribution in [2.75, 3.05) is 13.2 Å². The Bertz CT molecular complexity index is 159. The van der Waals surface area contributed by atoms with Gasteiger partial charge in [0, 0.05) is 18.6 Å². The van der Waals surface area contributed by atoms with E-state index in [0.29, 0.717) is 6.54 Å². The van der Waals surface area contributed by atoms with Crippen LogP contribution in [-0.4, -0.2) is 29.0 Å². The maximum Gasteiger partial charge on any atom is 0.253 e. The van der Waals surface area contributed by atoms with E-state index in [1.165, 1.54) is 0 Å². The standard InChI is InChI=1S/C7H13Cl2NO2/c1-7(2,4-11)3-10-6(12)5(8)9/h5,11H,3-4H2,1-2H3,(H,10,12). The van der Waals surface area contributed by atoms with Gasteiger partial charge in [-0.25, -0.2) is 0 Å². The minimum atomic E-state index is -1.04. The van der Waals surface area contributed by atoms with E-state index in [1.54, 1.807) is 0 Å². The van der Waals surface area contributed by atoms with Gasteiger partial charge in [0.05, 0.1) is 0 Å². The zero-order valence-electron chi connectivity index (χ0n) is 7.10. The highest BCUT2D eigenvalue weighted by molar-refractivity contribution is 6.53. The third kappa shape index (κ3) is 4.80. The predicted octanol–water partition coefficient (Wildman–Crippen LogP) is 0.925. The minimum absolute atomic E-state index is 0.00250. The van der Waals surface area contributed by atoms with Crippen LogP contribution in [0.25, 0.3) is 0 Å². The first kappa shape index (κ1) is 12.0. The smallest absolute Gasteiger partial charge is 0.253 e. The molecule has 0 rings (SSSR count). The summed E-state index contributed by atoms with van der Waals surface area (Å²) in [6.45, 7) is 4.01. The van der Waals surface area contributed by atoms with E-state index >= 15 is 0 Å². The van der Waals surface area contributed by atoms with Crippen LogP contribution < -0.4 is 5.32 Å². The van der Waals surface area contributed by atoms with Crippen LogP contribution in [0.15, 0.2) is 0 Å². The number of hydrogen-bond acceptors (Lipinski definition) is 2. The number of hydrogen-bond donors (Lipinski definition) is 2. The minimum Gasteiger partial charge on any atom is -0.396 e.